The summed E-state index contributed by atoms with van der Waals surface area (Å²) >= 11 is 0. The molecule has 0 fully saturated rings. The van der Waals surface area contributed by atoms with Crippen molar-refractivity contribution in [3.05, 3.63) is 23.8 Å². The first-order chi connectivity index (χ1) is 7.35. The van der Waals surface area contributed by atoms with Crippen LogP contribution in [-0.2, 0) is 6.42 Å². The van der Waals surface area contributed by atoms with Gasteiger partial charge in [0, 0.05) is 23.8 Å². The standard InChI is InChI=1S/C12H18N2O/c1-3-13-9-7-10-11(14-8-9)5-4-6-12(10)15-2/h4-6,9,13-14H,3,7-8H2,1-2H3. The van der Waals surface area contributed by atoms with E-state index in [1.807, 2.05) is 12.1 Å². The molecule has 0 spiro atoms. The second-order valence-electron chi connectivity index (χ2n) is 3.83. The van der Waals surface area contributed by atoms with Gasteiger partial charge in [0.2, 0.25) is 0 Å². The molecule has 82 valence electrons. The fraction of sp³-hybridized carbons (Fsp3) is 0.500. The lowest BCUT2D eigenvalue weighted by Crippen LogP contribution is -2.40. The summed E-state index contributed by atoms with van der Waals surface area (Å²) in [6, 6.07) is 6.67. The van der Waals surface area contributed by atoms with Crippen LogP contribution in [0.5, 0.6) is 5.75 Å². The first kappa shape index (κ1) is 10.3. The van der Waals surface area contributed by atoms with Crippen LogP contribution in [0.15, 0.2) is 18.2 Å². The van der Waals surface area contributed by atoms with E-state index < -0.39 is 0 Å². The highest BCUT2D eigenvalue weighted by atomic mass is 16.5. The summed E-state index contributed by atoms with van der Waals surface area (Å²) in [5.74, 6) is 0.989. The number of methoxy groups -OCH3 is 1. The van der Waals surface area contributed by atoms with Gasteiger partial charge in [-0.3, -0.25) is 0 Å². The van der Waals surface area contributed by atoms with Crippen LogP contribution in [0.4, 0.5) is 5.69 Å². The number of anilines is 1. The Balaban J connectivity index is 2.22. The molecule has 0 aliphatic carbocycles. The topological polar surface area (TPSA) is 33.3 Å². The monoisotopic (exact) mass is 206 g/mol. The normalized spacial score (nSPS) is 19.2. The zero-order chi connectivity index (χ0) is 10.7. The van der Waals surface area contributed by atoms with Gasteiger partial charge in [-0.15, -0.1) is 0 Å². The van der Waals surface area contributed by atoms with Crippen molar-refractivity contribution in [2.24, 2.45) is 0 Å². The minimum absolute atomic E-state index is 0.513. The molecule has 1 heterocycles. The van der Waals surface area contributed by atoms with Gasteiger partial charge >= 0.3 is 0 Å². The third-order valence-corrected chi connectivity index (χ3v) is 2.84. The largest absolute Gasteiger partial charge is 0.496 e. The maximum atomic E-state index is 5.37. The minimum Gasteiger partial charge on any atom is -0.496 e. The van der Waals surface area contributed by atoms with E-state index in [0.717, 1.165) is 25.3 Å². The maximum Gasteiger partial charge on any atom is 0.124 e. The molecule has 0 radical (unpaired) electrons. The first-order valence-corrected chi connectivity index (χ1v) is 5.48. The van der Waals surface area contributed by atoms with Crippen molar-refractivity contribution in [2.45, 2.75) is 19.4 Å². The summed E-state index contributed by atoms with van der Waals surface area (Å²) in [5.41, 5.74) is 2.50. The summed E-state index contributed by atoms with van der Waals surface area (Å²) in [5, 5.41) is 6.89. The van der Waals surface area contributed by atoms with Crippen LogP contribution >= 0.6 is 0 Å². The molecule has 15 heavy (non-hydrogen) atoms. The van der Waals surface area contributed by atoms with Crippen molar-refractivity contribution in [1.82, 2.24) is 5.32 Å². The molecule has 1 aliphatic heterocycles. The summed E-state index contributed by atoms with van der Waals surface area (Å²) in [6.07, 6.45) is 1.04. The van der Waals surface area contributed by atoms with E-state index in [0.29, 0.717) is 6.04 Å². The molecule has 0 amide bonds. The van der Waals surface area contributed by atoms with Crippen LogP contribution < -0.4 is 15.4 Å². The molecule has 0 bridgehead atoms. The van der Waals surface area contributed by atoms with Gasteiger partial charge in [0.25, 0.3) is 0 Å². The number of nitrogens with one attached hydrogen (secondary N) is 2. The third kappa shape index (κ3) is 2.07. The average Bonchev–Trinajstić information content (AvgIpc) is 2.28. The van der Waals surface area contributed by atoms with Crippen molar-refractivity contribution in [2.75, 3.05) is 25.5 Å². The molecule has 3 heteroatoms. The molecule has 1 aromatic carbocycles. The minimum atomic E-state index is 0.513. The van der Waals surface area contributed by atoms with E-state index >= 15 is 0 Å². The third-order valence-electron chi connectivity index (χ3n) is 2.84. The van der Waals surface area contributed by atoms with Crippen molar-refractivity contribution in [3.63, 3.8) is 0 Å². The summed E-state index contributed by atoms with van der Waals surface area (Å²) in [6.45, 7) is 4.14. The highest BCUT2D eigenvalue weighted by Crippen LogP contribution is 2.30. The van der Waals surface area contributed by atoms with Crippen molar-refractivity contribution >= 4 is 5.69 Å². The molecule has 0 saturated carbocycles. The zero-order valence-corrected chi connectivity index (χ0v) is 9.34. The number of ether oxygens (including phenoxy) is 1. The summed E-state index contributed by atoms with van der Waals surface area (Å²) < 4.78 is 5.37. The lowest BCUT2D eigenvalue weighted by Gasteiger charge is -2.27. The first-order valence-electron chi connectivity index (χ1n) is 5.48. The fourth-order valence-electron chi connectivity index (χ4n) is 2.12. The predicted octanol–water partition coefficient (Wildman–Crippen LogP) is 1.64. The van der Waals surface area contributed by atoms with Gasteiger partial charge in [-0.2, -0.15) is 0 Å². The molecule has 3 nitrogen and oxygen atoms in total. The van der Waals surface area contributed by atoms with Gasteiger partial charge in [-0.25, -0.2) is 0 Å². The van der Waals surface area contributed by atoms with E-state index in [-0.39, 0.29) is 0 Å². The number of fused-ring (bicyclic) bond motifs is 1. The molecule has 1 aromatic rings. The smallest absolute Gasteiger partial charge is 0.124 e. The Morgan fingerprint density at radius 3 is 3.13 bits per heavy atom. The van der Waals surface area contributed by atoms with E-state index in [1.165, 1.54) is 11.3 Å². The molecule has 1 aliphatic rings. The predicted molar refractivity (Wildman–Crippen MR) is 62.7 cm³/mol. The van der Waals surface area contributed by atoms with Crippen LogP contribution in [0.3, 0.4) is 0 Å². The van der Waals surface area contributed by atoms with Crippen molar-refractivity contribution in [1.29, 1.82) is 0 Å². The lowest BCUT2D eigenvalue weighted by molar-refractivity contribution is 0.404. The van der Waals surface area contributed by atoms with E-state index in [4.69, 9.17) is 4.74 Å². The van der Waals surface area contributed by atoms with E-state index in [1.54, 1.807) is 7.11 Å². The Hall–Kier alpha value is -1.22. The van der Waals surface area contributed by atoms with Gasteiger partial charge in [0.05, 0.1) is 7.11 Å². The molecule has 0 aromatic heterocycles. The van der Waals surface area contributed by atoms with Crippen LogP contribution in [0.1, 0.15) is 12.5 Å². The van der Waals surface area contributed by atoms with Gasteiger partial charge < -0.3 is 15.4 Å². The van der Waals surface area contributed by atoms with Crippen LogP contribution in [0, 0.1) is 0 Å². The lowest BCUT2D eigenvalue weighted by atomic mass is 9.98. The summed E-state index contributed by atoms with van der Waals surface area (Å²) in [4.78, 5) is 0. The van der Waals surface area contributed by atoms with Crippen LogP contribution in [0.2, 0.25) is 0 Å². The van der Waals surface area contributed by atoms with E-state index in [2.05, 4.69) is 23.6 Å². The van der Waals surface area contributed by atoms with Crippen LogP contribution in [0.25, 0.3) is 0 Å². The van der Waals surface area contributed by atoms with Crippen molar-refractivity contribution < 1.29 is 4.74 Å². The SMILES string of the molecule is CCNC1CNc2cccc(OC)c2C1. The average molecular weight is 206 g/mol. The molecule has 2 rings (SSSR count). The Bertz CT molecular complexity index is 324. The Labute approximate surface area is 90.8 Å². The number of likely N-dealkylation sites (N-methyl/N-ethyl adjacent to an activating group) is 1. The highest BCUT2D eigenvalue weighted by molar-refractivity contribution is 5.59. The highest BCUT2D eigenvalue weighted by Gasteiger charge is 2.19. The number of benzene rings is 1. The second-order valence-corrected chi connectivity index (χ2v) is 3.83. The number of hydrogen-bond acceptors (Lipinski definition) is 3. The van der Waals surface area contributed by atoms with Crippen LogP contribution in [-0.4, -0.2) is 26.2 Å². The Kier molecular flexibility index (Phi) is 3.11. The molecular weight excluding hydrogens is 188 g/mol. The number of rotatable bonds is 3. The number of hydrogen-bond donors (Lipinski definition) is 2. The Morgan fingerprint density at radius 2 is 2.40 bits per heavy atom. The fourth-order valence-corrected chi connectivity index (χ4v) is 2.12. The quantitative estimate of drug-likeness (QED) is 0.789. The molecule has 0 saturated heterocycles. The van der Waals surface area contributed by atoms with Gasteiger partial charge in [0.15, 0.2) is 0 Å². The van der Waals surface area contributed by atoms with Gasteiger partial charge in [0.1, 0.15) is 5.75 Å². The summed E-state index contributed by atoms with van der Waals surface area (Å²) in [7, 11) is 1.73. The maximum absolute atomic E-state index is 5.37. The molecule has 1 atom stereocenters. The molecule has 1 unspecified atom stereocenters. The van der Waals surface area contributed by atoms with E-state index in [9.17, 15) is 0 Å². The Morgan fingerprint density at radius 1 is 1.53 bits per heavy atom. The second kappa shape index (κ2) is 4.53. The molecular formula is C12H18N2O. The van der Waals surface area contributed by atoms with Crippen molar-refractivity contribution in [3.8, 4) is 5.75 Å². The zero-order valence-electron chi connectivity index (χ0n) is 9.34. The van der Waals surface area contributed by atoms with Gasteiger partial charge in [-0.05, 0) is 25.1 Å². The molecule has 2 N–H and O–H groups in total. The van der Waals surface area contributed by atoms with Gasteiger partial charge in [-0.1, -0.05) is 13.0 Å².